The standard InChI is InChI=1S/C17H21NO2/c1-14-7-3-5-9-16(14)20-17-10-6-4-8-15(17)13-18-11-12-19-2/h3-10,18H,11-13H2,1-2H3. The lowest BCUT2D eigenvalue weighted by Crippen LogP contribution is -2.18. The monoisotopic (exact) mass is 271 g/mol. The number of methoxy groups -OCH3 is 1. The summed E-state index contributed by atoms with van der Waals surface area (Å²) in [5.74, 6) is 1.79. The first-order valence-corrected chi connectivity index (χ1v) is 6.82. The summed E-state index contributed by atoms with van der Waals surface area (Å²) in [6.07, 6.45) is 0. The number of nitrogens with one attached hydrogen (secondary N) is 1. The molecule has 0 aliphatic heterocycles. The molecule has 2 aromatic rings. The fourth-order valence-corrected chi connectivity index (χ4v) is 1.94. The van der Waals surface area contributed by atoms with Crippen molar-refractivity contribution in [3.63, 3.8) is 0 Å². The SMILES string of the molecule is COCCNCc1ccccc1Oc1ccccc1C. The van der Waals surface area contributed by atoms with Gasteiger partial charge in [0.05, 0.1) is 6.61 Å². The van der Waals surface area contributed by atoms with Gasteiger partial charge in [-0.25, -0.2) is 0 Å². The molecule has 2 rings (SSSR count). The predicted octanol–water partition coefficient (Wildman–Crippen LogP) is 3.52. The van der Waals surface area contributed by atoms with Crippen LogP contribution in [0.4, 0.5) is 0 Å². The maximum Gasteiger partial charge on any atom is 0.131 e. The Morgan fingerprint density at radius 2 is 1.65 bits per heavy atom. The molecule has 0 aromatic heterocycles. The molecule has 106 valence electrons. The fourth-order valence-electron chi connectivity index (χ4n) is 1.94. The van der Waals surface area contributed by atoms with Crippen LogP contribution in [0, 0.1) is 6.92 Å². The second-order valence-corrected chi connectivity index (χ2v) is 4.64. The normalized spacial score (nSPS) is 10.5. The summed E-state index contributed by atoms with van der Waals surface area (Å²) in [4.78, 5) is 0. The average Bonchev–Trinajstić information content (AvgIpc) is 2.47. The zero-order valence-corrected chi connectivity index (χ0v) is 12.1. The van der Waals surface area contributed by atoms with Gasteiger partial charge in [0.15, 0.2) is 0 Å². The van der Waals surface area contributed by atoms with Crippen molar-refractivity contribution < 1.29 is 9.47 Å². The van der Waals surface area contributed by atoms with Crippen LogP contribution in [0.5, 0.6) is 11.5 Å². The molecule has 2 aromatic carbocycles. The molecule has 0 spiro atoms. The van der Waals surface area contributed by atoms with E-state index in [1.807, 2.05) is 36.4 Å². The summed E-state index contributed by atoms with van der Waals surface area (Å²) in [5.41, 5.74) is 2.28. The highest BCUT2D eigenvalue weighted by atomic mass is 16.5. The van der Waals surface area contributed by atoms with Gasteiger partial charge in [0, 0.05) is 25.8 Å². The Kier molecular flexibility index (Phi) is 5.59. The van der Waals surface area contributed by atoms with E-state index in [1.54, 1.807) is 7.11 Å². The molecule has 0 radical (unpaired) electrons. The topological polar surface area (TPSA) is 30.5 Å². The largest absolute Gasteiger partial charge is 0.457 e. The van der Waals surface area contributed by atoms with Crippen LogP contribution in [0.1, 0.15) is 11.1 Å². The van der Waals surface area contributed by atoms with Crippen LogP contribution < -0.4 is 10.1 Å². The smallest absolute Gasteiger partial charge is 0.131 e. The molecule has 20 heavy (non-hydrogen) atoms. The highest BCUT2D eigenvalue weighted by molar-refractivity contribution is 5.40. The van der Waals surface area contributed by atoms with Crippen LogP contribution >= 0.6 is 0 Å². The molecule has 0 aliphatic rings. The van der Waals surface area contributed by atoms with Crippen LogP contribution in [0.3, 0.4) is 0 Å². The van der Waals surface area contributed by atoms with E-state index in [0.29, 0.717) is 6.61 Å². The molecule has 0 heterocycles. The van der Waals surface area contributed by atoms with Crippen molar-refractivity contribution in [3.05, 3.63) is 59.7 Å². The van der Waals surface area contributed by atoms with Crippen LogP contribution in [0.15, 0.2) is 48.5 Å². The molecule has 0 atom stereocenters. The maximum atomic E-state index is 6.03. The van der Waals surface area contributed by atoms with Crippen molar-refractivity contribution in [2.45, 2.75) is 13.5 Å². The van der Waals surface area contributed by atoms with E-state index < -0.39 is 0 Å². The van der Waals surface area contributed by atoms with Crippen molar-refractivity contribution in [1.29, 1.82) is 0 Å². The van der Waals surface area contributed by atoms with Crippen LogP contribution in [-0.4, -0.2) is 20.3 Å². The predicted molar refractivity (Wildman–Crippen MR) is 81.3 cm³/mol. The number of hydrogen-bond acceptors (Lipinski definition) is 3. The summed E-state index contributed by atoms with van der Waals surface area (Å²) in [7, 11) is 1.71. The molecule has 1 N–H and O–H groups in total. The number of aryl methyl sites for hydroxylation is 1. The quantitative estimate of drug-likeness (QED) is 0.782. The van der Waals surface area contributed by atoms with Crippen molar-refractivity contribution in [3.8, 4) is 11.5 Å². The minimum absolute atomic E-state index is 0.709. The van der Waals surface area contributed by atoms with Gasteiger partial charge in [0.2, 0.25) is 0 Å². The van der Waals surface area contributed by atoms with E-state index in [2.05, 4.69) is 24.4 Å². The van der Waals surface area contributed by atoms with Crippen LogP contribution in [0.2, 0.25) is 0 Å². The first-order valence-electron chi connectivity index (χ1n) is 6.82. The van der Waals surface area contributed by atoms with E-state index in [4.69, 9.17) is 9.47 Å². The average molecular weight is 271 g/mol. The summed E-state index contributed by atoms with van der Waals surface area (Å²) < 4.78 is 11.1. The Balaban J connectivity index is 2.06. The molecule has 0 bridgehead atoms. The molecule has 3 nitrogen and oxygen atoms in total. The van der Waals surface area contributed by atoms with E-state index in [1.165, 1.54) is 0 Å². The van der Waals surface area contributed by atoms with Crippen molar-refractivity contribution in [2.24, 2.45) is 0 Å². The van der Waals surface area contributed by atoms with Crippen LogP contribution in [-0.2, 0) is 11.3 Å². The number of benzene rings is 2. The fraction of sp³-hybridized carbons (Fsp3) is 0.294. The third kappa shape index (κ3) is 4.08. The van der Waals surface area contributed by atoms with E-state index in [-0.39, 0.29) is 0 Å². The molecular formula is C17H21NO2. The second-order valence-electron chi connectivity index (χ2n) is 4.64. The summed E-state index contributed by atoms with van der Waals surface area (Å²) >= 11 is 0. The molecule has 0 saturated carbocycles. The minimum atomic E-state index is 0.709. The van der Waals surface area contributed by atoms with E-state index in [9.17, 15) is 0 Å². The van der Waals surface area contributed by atoms with Gasteiger partial charge >= 0.3 is 0 Å². The van der Waals surface area contributed by atoms with Crippen molar-refractivity contribution in [2.75, 3.05) is 20.3 Å². The van der Waals surface area contributed by atoms with Crippen molar-refractivity contribution in [1.82, 2.24) is 5.32 Å². The van der Waals surface area contributed by atoms with Gasteiger partial charge in [0.1, 0.15) is 11.5 Å². The van der Waals surface area contributed by atoms with Gasteiger partial charge in [-0.1, -0.05) is 36.4 Å². The first-order chi connectivity index (χ1) is 9.81. The Morgan fingerprint density at radius 1 is 0.950 bits per heavy atom. The summed E-state index contributed by atoms with van der Waals surface area (Å²) in [5, 5.41) is 3.34. The van der Waals surface area contributed by atoms with Crippen molar-refractivity contribution >= 4 is 0 Å². The molecule has 0 saturated heterocycles. The highest BCUT2D eigenvalue weighted by Gasteiger charge is 2.05. The Morgan fingerprint density at radius 3 is 2.40 bits per heavy atom. The maximum absolute atomic E-state index is 6.03. The second kappa shape index (κ2) is 7.68. The van der Waals surface area contributed by atoms with Gasteiger partial charge < -0.3 is 14.8 Å². The molecule has 0 fully saturated rings. The molecule has 0 unspecified atom stereocenters. The van der Waals surface area contributed by atoms with Gasteiger partial charge in [0.25, 0.3) is 0 Å². The van der Waals surface area contributed by atoms with Gasteiger partial charge in [-0.15, -0.1) is 0 Å². The molecular weight excluding hydrogens is 250 g/mol. The lowest BCUT2D eigenvalue weighted by molar-refractivity contribution is 0.199. The number of para-hydroxylation sites is 2. The molecule has 3 heteroatoms. The highest BCUT2D eigenvalue weighted by Crippen LogP contribution is 2.27. The third-order valence-corrected chi connectivity index (χ3v) is 3.08. The number of ether oxygens (including phenoxy) is 2. The van der Waals surface area contributed by atoms with Gasteiger partial charge in [-0.05, 0) is 24.6 Å². The number of hydrogen-bond donors (Lipinski definition) is 1. The van der Waals surface area contributed by atoms with Gasteiger partial charge in [-0.3, -0.25) is 0 Å². The lowest BCUT2D eigenvalue weighted by Gasteiger charge is -2.13. The zero-order valence-electron chi connectivity index (χ0n) is 12.1. The van der Waals surface area contributed by atoms with Crippen LogP contribution in [0.25, 0.3) is 0 Å². The molecule has 0 aliphatic carbocycles. The van der Waals surface area contributed by atoms with E-state index >= 15 is 0 Å². The Bertz CT molecular complexity index is 540. The summed E-state index contributed by atoms with van der Waals surface area (Å²) in [6, 6.07) is 16.1. The molecule has 0 amide bonds. The Labute approximate surface area is 120 Å². The zero-order chi connectivity index (χ0) is 14.2. The lowest BCUT2D eigenvalue weighted by atomic mass is 10.2. The minimum Gasteiger partial charge on any atom is -0.457 e. The Hall–Kier alpha value is -1.84. The summed E-state index contributed by atoms with van der Waals surface area (Å²) in [6.45, 7) is 4.36. The third-order valence-electron chi connectivity index (χ3n) is 3.08. The number of rotatable bonds is 7. The van der Waals surface area contributed by atoms with Gasteiger partial charge in [-0.2, -0.15) is 0 Å². The van der Waals surface area contributed by atoms with E-state index in [0.717, 1.165) is 35.7 Å². The first kappa shape index (κ1) is 14.6.